The molecule has 0 saturated carbocycles. The summed E-state index contributed by atoms with van der Waals surface area (Å²) in [5.41, 5.74) is 3.95. The summed E-state index contributed by atoms with van der Waals surface area (Å²) in [5, 5.41) is 2.05. The van der Waals surface area contributed by atoms with Gasteiger partial charge >= 0.3 is 0 Å². The molecule has 0 fully saturated rings. The van der Waals surface area contributed by atoms with Crippen LogP contribution in [0.2, 0.25) is 0 Å². The Morgan fingerprint density at radius 1 is 0.862 bits per heavy atom. The van der Waals surface area contributed by atoms with Crippen molar-refractivity contribution in [2.75, 3.05) is 10.7 Å². The number of hydrogen-bond acceptors (Lipinski definition) is 5. The molecule has 4 aromatic rings. The Kier molecular flexibility index (Phi) is 5.14. The van der Waals surface area contributed by atoms with E-state index in [1.807, 2.05) is 77.0 Å². The van der Waals surface area contributed by atoms with Gasteiger partial charge < -0.3 is 0 Å². The molecule has 0 aliphatic carbocycles. The van der Waals surface area contributed by atoms with Crippen LogP contribution < -0.4 is 4.90 Å². The van der Waals surface area contributed by atoms with E-state index in [9.17, 15) is 4.79 Å². The molecule has 3 aromatic carbocycles. The highest BCUT2D eigenvalue weighted by Crippen LogP contribution is 2.48. The molecular weight excluding hydrogens is 416 g/mol. The molecule has 0 atom stereocenters. The van der Waals surface area contributed by atoms with Gasteiger partial charge in [0, 0.05) is 20.7 Å². The normalized spacial score (nSPS) is 12.3. The smallest absolute Gasteiger partial charge is 0.242 e. The van der Waals surface area contributed by atoms with Gasteiger partial charge in [-0.2, -0.15) is 0 Å². The first-order chi connectivity index (χ1) is 14.3. The number of benzene rings is 3. The Bertz CT molecular complexity index is 1130. The topological polar surface area (TPSA) is 33.2 Å². The molecule has 3 nitrogen and oxygen atoms in total. The average Bonchev–Trinajstić information content (AvgIpc) is 3.25. The molecule has 0 radical (unpaired) electrons. The van der Waals surface area contributed by atoms with Crippen molar-refractivity contribution in [2.24, 2.45) is 0 Å². The van der Waals surface area contributed by atoms with Gasteiger partial charge in [0.15, 0.2) is 4.34 Å². The molecule has 1 aromatic heterocycles. The molecule has 6 heteroatoms. The number of fused-ring (bicyclic) bond motifs is 2. The van der Waals surface area contributed by atoms with Gasteiger partial charge in [0.1, 0.15) is 0 Å². The van der Waals surface area contributed by atoms with Gasteiger partial charge in [-0.15, -0.1) is 11.3 Å². The van der Waals surface area contributed by atoms with Gasteiger partial charge in [0.2, 0.25) is 5.91 Å². The van der Waals surface area contributed by atoms with Crippen molar-refractivity contribution in [3.63, 3.8) is 0 Å². The molecule has 2 heterocycles. The van der Waals surface area contributed by atoms with E-state index in [4.69, 9.17) is 4.98 Å². The fourth-order valence-corrected chi connectivity index (χ4v) is 5.97. The van der Waals surface area contributed by atoms with Crippen LogP contribution in [-0.2, 0) is 4.79 Å². The summed E-state index contributed by atoms with van der Waals surface area (Å²) >= 11 is 4.79. The van der Waals surface area contributed by atoms with Crippen LogP contribution in [0.4, 0.5) is 11.4 Å². The molecule has 1 aliphatic rings. The van der Waals surface area contributed by atoms with Crippen LogP contribution in [0.15, 0.2) is 98.4 Å². The number of aromatic nitrogens is 1. The summed E-state index contributed by atoms with van der Waals surface area (Å²) in [6, 6.07) is 26.3. The minimum absolute atomic E-state index is 0.0617. The zero-order chi connectivity index (χ0) is 19.6. The van der Waals surface area contributed by atoms with Gasteiger partial charge in [0.25, 0.3) is 0 Å². The van der Waals surface area contributed by atoms with Crippen LogP contribution in [0.5, 0.6) is 0 Å². The third kappa shape index (κ3) is 3.71. The molecule has 5 rings (SSSR count). The number of anilines is 2. The lowest BCUT2D eigenvalue weighted by molar-refractivity contribution is -0.115. The third-order valence-electron chi connectivity index (χ3n) is 4.55. The van der Waals surface area contributed by atoms with Crippen LogP contribution in [0, 0.1) is 0 Å². The van der Waals surface area contributed by atoms with Crippen LogP contribution >= 0.6 is 34.9 Å². The van der Waals surface area contributed by atoms with E-state index < -0.39 is 0 Å². The van der Waals surface area contributed by atoms with Crippen LogP contribution in [0.25, 0.3) is 11.3 Å². The number of rotatable bonds is 4. The predicted octanol–water partition coefficient (Wildman–Crippen LogP) is 6.73. The fourth-order valence-electron chi connectivity index (χ4n) is 3.23. The zero-order valence-corrected chi connectivity index (χ0v) is 17.8. The van der Waals surface area contributed by atoms with Gasteiger partial charge in [-0.25, -0.2) is 4.98 Å². The lowest BCUT2D eigenvalue weighted by atomic mass is 10.2. The molecule has 0 bridgehead atoms. The Hall–Kier alpha value is -2.54. The average molecular weight is 433 g/mol. The van der Waals surface area contributed by atoms with Crippen molar-refractivity contribution >= 4 is 52.1 Å². The summed E-state index contributed by atoms with van der Waals surface area (Å²) in [6.45, 7) is 0. The number of amides is 1. The molecule has 1 aliphatic heterocycles. The number of carbonyl (C=O) groups excluding carboxylic acids is 1. The number of carbonyl (C=O) groups is 1. The van der Waals surface area contributed by atoms with Crippen molar-refractivity contribution in [1.82, 2.24) is 4.98 Å². The standard InChI is InChI=1S/C23H16N2OS3/c26-22(15-28-23-24-17(14-27-23)16-8-2-1-3-9-16)25-18-10-4-6-12-20(18)29-21-13-7-5-11-19(21)25/h1-14H,15H2. The van der Waals surface area contributed by atoms with Crippen LogP contribution in [-0.4, -0.2) is 16.6 Å². The molecule has 29 heavy (non-hydrogen) atoms. The Morgan fingerprint density at radius 3 is 2.17 bits per heavy atom. The third-order valence-corrected chi connectivity index (χ3v) is 7.69. The first kappa shape index (κ1) is 18.5. The van der Waals surface area contributed by atoms with Gasteiger partial charge in [-0.05, 0) is 24.3 Å². The summed E-state index contributed by atoms with van der Waals surface area (Å²) in [6.07, 6.45) is 0. The van der Waals surface area contributed by atoms with E-state index in [0.29, 0.717) is 5.75 Å². The number of nitrogens with zero attached hydrogens (tertiary/aromatic N) is 2. The molecule has 142 valence electrons. The van der Waals surface area contributed by atoms with Gasteiger partial charge in [0.05, 0.1) is 22.8 Å². The number of hydrogen-bond donors (Lipinski definition) is 0. The first-order valence-corrected chi connectivity index (χ1v) is 11.8. The quantitative estimate of drug-likeness (QED) is 0.335. The zero-order valence-electron chi connectivity index (χ0n) is 15.3. The van der Waals surface area contributed by atoms with Gasteiger partial charge in [-0.3, -0.25) is 9.69 Å². The van der Waals surface area contributed by atoms with E-state index in [0.717, 1.165) is 36.8 Å². The minimum atomic E-state index is 0.0617. The Labute approximate surface area is 181 Å². The minimum Gasteiger partial charge on any atom is -0.278 e. The number of thioether (sulfide) groups is 1. The predicted molar refractivity (Wildman–Crippen MR) is 122 cm³/mol. The van der Waals surface area contributed by atoms with E-state index in [1.54, 1.807) is 23.1 Å². The highest BCUT2D eigenvalue weighted by molar-refractivity contribution is 8.01. The Morgan fingerprint density at radius 2 is 1.48 bits per heavy atom. The van der Waals surface area contributed by atoms with E-state index in [1.165, 1.54) is 11.8 Å². The molecular formula is C23H16N2OS3. The first-order valence-electron chi connectivity index (χ1n) is 9.12. The fraction of sp³-hybridized carbons (Fsp3) is 0.0435. The maximum atomic E-state index is 13.2. The number of thiazole rings is 1. The lowest BCUT2D eigenvalue weighted by Gasteiger charge is -2.30. The van der Waals surface area contributed by atoms with Crippen LogP contribution in [0.3, 0.4) is 0 Å². The van der Waals surface area contributed by atoms with Crippen LogP contribution in [0.1, 0.15) is 0 Å². The molecule has 0 unspecified atom stereocenters. The van der Waals surface area contributed by atoms with Crippen molar-refractivity contribution in [3.8, 4) is 11.3 Å². The van der Waals surface area contributed by atoms with E-state index in [2.05, 4.69) is 12.1 Å². The van der Waals surface area contributed by atoms with Gasteiger partial charge in [-0.1, -0.05) is 78.1 Å². The summed E-state index contributed by atoms with van der Waals surface area (Å²) < 4.78 is 0.908. The molecule has 0 spiro atoms. The lowest BCUT2D eigenvalue weighted by Crippen LogP contribution is -2.29. The molecule has 0 N–H and O–H groups in total. The summed E-state index contributed by atoms with van der Waals surface area (Å²) in [7, 11) is 0. The maximum Gasteiger partial charge on any atom is 0.242 e. The SMILES string of the molecule is O=C(CSc1nc(-c2ccccc2)cs1)N1c2ccccc2Sc2ccccc21. The number of para-hydroxylation sites is 2. The van der Waals surface area contributed by atoms with Crippen molar-refractivity contribution in [2.45, 2.75) is 14.1 Å². The van der Waals surface area contributed by atoms with E-state index in [-0.39, 0.29) is 5.91 Å². The molecule has 1 amide bonds. The second-order valence-electron chi connectivity index (χ2n) is 6.42. The van der Waals surface area contributed by atoms with Crippen molar-refractivity contribution < 1.29 is 4.79 Å². The second-order valence-corrected chi connectivity index (χ2v) is 9.58. The van der Waals surface area contributed by atoms with Crippen molar-refractivity contribution in [3.05, 3.63) is 84.2 Å². The largest absolute Gasteiger partial charge is 0.278 e. The monoisotopic (exact) mass is 432 g/mol. The highest BCUT2D eigenvalue weighted by atomic mass is 32.2. The summed E-state index contributed by atoms with van der Waals surface area (Å²) in [4.78, 5) is 22.0. The molecule has 0 saturated heterocycles. The maximum absolute atomic E-state index is 13.2. The second kappa shape index (κ2) is 8.06. The highest BCUT2D eigenvalue weighted by Gasteiger charge is 2.27. The van der Waals surface area contributed by atoms with Crippen molar-refractivity contribution in [1.29, 1.82) is 0 Å². The van der Waals surface area contributed by atoms with E-state index >= 15 is 0 Å². The summed E-state index contributed by atoms with van der Waals surface area (Å²) in [5.74, 6) is 0.404. The Balaban J connectivity index is 1.37.